The van der Waals surface area contributed by atoms with E-state index in [-0.39, 0.29) is 23.0 Å². The van der Waals surface area contributed by atoms with Crippen LogP contribution in [0.25, 0.3) is 10.9 Å². The van der Waals surface area contributed by atoms with Crippen LogP contribution < -0.4 is 5.32 Å². The Bertz CT molecular complexity index is 636. The van der Waals surface area contributed by atoms with Gasteiger partial charge in [0.25, 0.3) is 0 Å². The van der Waals surface area contributed by atoms with Gasteiger partial charge in [-0.2, -0.15) is 0 Å². The molecule has 1 N–H and O–H groups in total. The maximum Gasteiger partial charge on any atom is 0.232 e. The minimum Gasteiger partial charge on any atom is -0.324 e. The van der Waals surface area contributed by atoms with Crippen LogP contribution in [0, 0.1) is 63.7 Å². The number of benzene rings is 1. The fourth-order valence-corrected chi connectivity index (χ4v) is 2.25. The summed E-state index contributed by atoms with van der Waals surface area (Å²) in [6.07, 6.45) is 19.0. The minimum atomic E-state index is -0.113. The maximum atomic E-state index is 12.0. The molecule has 0 bridgehead atoms. The normalized spacial score (nSPS) is 17.0. The molecule has 2 saturated carbocycles. The van der Waals surface area contributed by atoms with Gasteiger partial charge < -0.3 is 5.32 Å². The summed E-state index contributed by atoms with van der Waals surface area (Å²) in [5, 5.41) is 3.90. The standard InChI is InChI=1S/C15H11N2O.C5H5.Fe/c18-15(12-5-1-2-6-12)17-13-9-3-7-11-8-4-10-16-14(11)13;1-2-4-5-3-1;/h1-10H,(H,17,18);1-5H;. The number of fused-ring (bicyclic) bond motifs is 1. The molecule has 1 heterocycles. The summed E-state index contributed by atoms with van der Waals surface area (Å²) < 4.78 is 0. The summed E-state index contributed by atoms with van der Waals surface area (Å²) in [5.41, 5.74) is 1.54. The van der Waals surface area contributed by atoms with Crippen LogP contribution in [-0.4, -0.2) is 10.9 Å². The molecule has 1 amide bonds. The van der Waals surface area contributed by atoms with Crippen LogP contribution in [0.5, 0.6) is 0 Å². The molecule has 2 fully saturated rings. The van der Waals surface area contributed by atoms with E-state index in [1.807, 2.05) is 75.3 Å². The summed E-state index contributed by atoms with van der Waals surface area (Å²) in [6, 6.07) is 9.59. The Kier molecular flexibility index (Phi) is 7.74. The molecule has 0 unspecified atom stereocenters. The summed E-state index contributed by atoms with van der Waals surface area (Å²) >= 11 is 0. The summed E-state index contributed by atoms with van der Waals surface area (Å²) in [6.45, 7) is 0. The van der Waals surface area contributed by atoms with Gasteiger partial charge in [-0.25, -0.2) is 0 Å². The van der Waals surface area contributed by atoms with Gasteiger partial charge in [0.2, 0.25) is 5.91 Å². The van der Waals surface area contributed by atoms with E-state index in [0.29, 0.717) is 5.92 Å². The van der Waals surface area contributed by atoms with Crippen molar-refractivity contribution in [3.05, 3.63) is 100 Å². The smallest absolute Gasteiger partial charge is 0.232 e. The van der Waals surface area contributed by atoms with Crippen LogP contribution in [-0.2, 0) is 21.9 Å². The molecule has 10 radical (unpaired) electrons. The Morgan fingerprint density at radius 2 is 1.46 bits per heavy atom. The zero-order valence-corrected chi connectivity index (χ0v) is 14.0. The first kappa shape index (κ1) is 19.0. The van der Waals surface area contributed by atoms with Crippen LogP contribution in [0.4, 0.5) is 5.69 Å². The molecular weight excluding hydrogens is 340 g/mol. The number of nitrogens with zero attached hydrogens (tertiary/aromatic N) is 1. The van der Waals surface area contributed by atoms with E-state index in [0.717, 1.165) is 16.6 Å². The van der Waals surface area contributed by atoms with Gasteiger partial charge in [-0.15, -0.1) is 0 Å². The van der Waals surface area contributed by atoms with E-state index in [1.165, 1.54) is 0 Å². The average molecular weight is 356 g/mol. The number of pyridine rings is 1. The van der Waals surface area contributed by atoms with Gasteiger partial charge in [0, 0.05) is 28.7 Å². The van der Waals surface area contributed by atoms with Gasteiger partial charge in [-0.3, -0.25) is 9.78 Å². The first-order valence-corrected chi connectivity index (χ1v) is 7.38. The van der Waals surface area contributed by atoms with Gasteiger partial charge in [-0.1, -0.05) is 18.2 Å². The van der Waals surface area contributed by atoms with Crippen molar-refractivity contribution in [2.24, 2.45) is 0 Å². The molecule has 1 aromatic heterocycles. The Morgan fingerprint density at radius 1 is 0.833 bits per heavy atom. The molecule has 24 heavy (non-hydrogen) atoms. The molecule has 0 aliphatic heterocycles. The van der Waals surface area contributed by atoms with E-state index >= 15 is 0 Å². The largest absolute Gasteiger partial charge is 0.324 e. The SMILES string of the molecule is O=C(Nc1cccc2cccnc12)[C]1[CH][CH][CH][CH]1.[CH]1[CH][CH][CH][CH]1.[Fe]. The first-order valence-electron chi connectivity index (χ1n) is 7.38. The predicted molar refractivity (Wildman–Crippen MR) is 92.3 cm³/mol. The third-order valence-corrected chi connectivity index (χ3v) is 3.36. The average Bonchev–Trinajstić information content (AvgIpc) is 3.31. The Hall–Kier alpha value is -1.38. The number of aromatic nitrogens is 1. The number of rotatable bonds is 2. The fraction of sp³-hybridized carbons (Fsp3) is 0. The number of hydrogen-bond acceptors (Lipinski definition) is 2. The van der Waals surface area contributed by atoms with E-state index in [2.05, 4.69) is 10.3 Å². The zero-order chi connectivity index (χ0) is 15.9. The number of carbonyl (C=O) groups is 1. The minimum absolute atomic E-state index is 0. The summed E-state index contributed by atoms with van der Waals surface area (Å²) in [4.78, 5) is 16.3. The molecular formula is C20H16FeN2O. The molecule has 4 heteroatoms. The van der Waals surface area contributed by atoms with Crippen LogP contribution >= 0.6 is 0 Å². The van der Waals surface area contributed by atoms with Crippen LogP contribution in [0.2, 0.25) is 0 Å². The van der Waals surface area contributed by atoms with Gasteiger partial charge in [-0.05, 0) is 69.9 Å². The molecule has 120 valence electrons. The fourth-order valence-electron chi connectivity index (χ4n) is 2.25. The molecule has 4 rings (SSSR count). The van der Waals surface area contributed by atoms with Crippen molar-refractivity contribution in [2.45, 2.75) is 0 Å². The van der Waals surface area contributed by atoms with E-state index < -0.39 is 0 Å². The van der Waals surface area contributed by atoms with Crippen LogP contribution in [0.1, 0.15) is 0 Å². The number of carbonyl (C=O) groups excluding carboxylic acids is 1. The number of para-hydroxylation sites is 1. The number of anilines is 1. The number of hydrogen-bond donors (Lipinski definition) is 1. The molecule has 1 aromatic carbocycles. The predicted octanol–water partition coefficient (Wildman–Crippen LogP) is 3.60. The van der Waals surface area contributed by atoms with Crippen molar-refractivity contribution in [2.75, 3.05) is 5.32 Å². The number of amides is 1. The van der Waals surface area contributed by atoms with E-state index in [9.17, 15) is 4.79 Å². The summed E-state index contributed by atoms with van der Waals surface area (Å²) in [7, 11) is 0. The van der Waals surface area contributed by atoms with Crippen molar-refractivity contribution < 1.29 is 21.9 Å². The molecule has 2 aromatic rings. The number of nitrogens with one attached hydrogen (secondary N) is 1. The molecule has 0 saturated heterocycles. The summed E-state index contributed by atoms with van der Waals surface area (Å²) in [5.74, 6) is 0.543. The maximum absolute atomic E-state index is 12.0. The second-order valence-corrected chi connectivity index (χ2v) is 4.97. The van der Waals surface area contributed by atoms with Crippen molar-refractivity contribution in [1.29, 1.82) is 0 Å². The third kappa shape index (κ3) is 5.06. The van der Waals surface area contributed by atoms with Gasteiger partial charge in [0.1, 0.15) is 0 Å². The van der Waals surface area contributed by atoms with Crippen molar-refractivity contribution in [3.8, 4) is 0 Å². The molecule has 2 aliphatic carbocycles. The second-order valence-electron chi connectivity index (χ2n) is 4.97. The van der Waals surface area contributed by atoms with Crippen molar-refractivity contribution in [1.82, 2.24) is 4.98 Å². The van der Waals surface area contributed by atoms with Gasteiger partial charge in [0.05, 0.1) is 17.1 Å². The quantitative estimate of drug-likeness (QED) is 0.836. The van der Waals surface area contributed by atoms with Gasteiger partial charge >= 0.3 is 0 Å². The molecule has 2 aliphatic rings. The third-order valence-electron chi connectivity index (χ3n) is 3.36. The second kappa shape index (κ2) is 9.80. The first-order chi connectivity index (χ1) is 11.3. The van der Waals surface area contributed by atoms with E-state index in [1.54, 1.807) is 19.0 Å². The van der Waals surface area contributed by atoms with Crippen molar-refractivity contribution in [3.63, 3.8) is 0 Å². The molecule has 0 atom stereocenters. The van der Waals surface area contributed by atoms with E-state index in [4.69, 9.17) is 0 Å². The topological polar surface area (TPSA) is 42.0 Å². The Morgan fingerprint density at radius 3 is 2.12 bits per heavy atom. The Labute approximate surface area is 155 Å². The van der Waals surface area contributed by atoms with Crippen LogP contribution in [0.3, 0.4) is 0 Å². The zero-order valence-electron chi connectivity index (χ0n) is 12.9. The molecule has 3 nitrogen and oxygen atoms in total. The van der Waals surface area contributed by atoms with Crippen LogP contribution in [0.15, 0.2) is 36.5 Å². The Balaban J connectivity index is 0.000000300. The molecule has 0 spiro atoms. The van der Waals surface area contributed by atoms with Crippen molar-refractivity contribution >= 4 is 22.5 Å². The van der Waals surface area contributed by atoms with Gasteiger partial charge in [0.15, 0.2) is 0 Å². The monoisotopic (exact) mass is 356 g/mol.